The molecule has 8 nitrogen and oxygen atoms in total. The third kappa shape index (κ3) is 4.69. The molecule has 0 aliphatic rings. The van der Waals surface area contributed by atoms with Crippen LogP contribution in [-0.4, -0.2) is 35.0 Å². The monoisotopic (exact) mass is 378 g/mol. The average Bonchev–Trinajstić information content (AvgIpc) is 2.91. The third-order valence-electron chi connectivity index (χ3n) is 4.12. The Labute approximate surface area is 154 Å². The van der Waals surface area contributed by atoms with Gasteiger partial charge in [-0.05, 0) is 26.0 Å². The second-order valence-corrected chi connectivity index (χ2v) is 5.84. The Hall–Kier alpha value is -3.23. The van der Waals surface area contributed by atoms with E-state index in [2.05, 4.69) is 4.74 Å². The number of nitrogens with zero attached hydrogens (tertiary/aromatic N) is 2. The first-order chi connectivity index (χ1) is 12.7. The van der Waals surface area contributed by atoms with Gasteiger partial charge in [0.05, 0.1) is 18.5 Å². The molecule has 0 amide bonds. The highest BCUT2D eigenvalue weighted by Gasteiger charge is 2.20. The molecule has 0 radical (unpaired) electrons. The smallest absolute Gasteiger partial charge is 0.311 e. The summed E-state index contributed by atoms with van der Waals surface area (Å²) in [5.74, 6) is -1.79. The molecule has 1 aromatic heterocycles. The van der Waals surface area contributed by atoms with Crippen molar-refractivity contribution in [3.05, 3.63) is 57.1 Å². The quantitative estimate of drug-likeness (QED) is 0.303. The van der Waals surface area contributed by atoms with Crippen molar-refractivity contribution in [3.63, 3.8) is 0 Å². The molecule has 0 atom stereocenters. The molecule has 0 bridgehead atoms. The maximum Gasteiger partial charge on any atom is 0.311 e. The number of carbonyl (C=O) groups is 2. The minimum Gasteiger partial charge on any atom is -0.478 e. The lowest BCUT2D eigenvalue weighted by atomic mass is 10.1. The van der Waals surface area contributed by atoms with Gasteiger partial charge < -0.3 is 14.0 Å². The van der Waals surface area contributed by atoms with Gasteiger partial charge in [-0.3, -0.25) is 19.7 Å². The van der Waals surface area contributed by atoms with Crippen LogP contribution in [0.3, 0.4) is 0 Å². The van der Waals surface area contributed by atoms with Crippen molar-refractivity contribution in [1.82, 2.24) is 4.57 Å². The zero-order chi connectivity index (χ0) is 20.1. The zero-order valence-corrected chi connectivity index (χ0v) is 15.2. The number of nitro benzene ring substituents is 1. The van der Waals surface area contributed by atoms with E-state index in [0.29, 0.717) is 17.8 Å². The summed E-state index contributed by atoms with van der Waals surface area (Å²) in [7, 11) is 1.30. The summed E-state index contributed by atoms with van der Waals surface area (Å²) in [6, 6.07) is 4.44. The SMILES string of the molecule is COC(=O)CCn1c(C)cc(C(=O)COc2cc(F)ccc2[N+](=O)[O-])c1C. The molecule has 2 aromatic rings. The summed E-state index contributed by atoms with van der Waals surface area (Å²) in [5, 5.41) is 11.0. The topological polar surface area (TPSA) is 101 Å². The van der Waals surface area contributed by atoms with Crippen LogP contribution in [0.4, 0.5) is 10.1 Å². The first kappa shape index (κ1) is 20.1. The van der Waals surface area contributed by atoms with E-state index < -0.39 is 28.8 Å². The maximum absolute atomic E-state index is 13.3. The highest BCUT2D eigenvalue weighted by atomic mass is 19.1. The molecule has 0 unspecified atom stereocenters. The molecule has 0 aliphatic heterocycles. The normalized spacial score (nSPS) is 10.5. The van der Waals surface area contributed by atoms with Crippen LogP contribution < -0.4 is 4.74 Å². The van der Waals surface area contributed by atoms with Crippen LogP contribution in [0.2, 0.25) is 0 Å². The molecule has 0 saturated carbocycles. The van der Waals surface area contributed by atoms with Crippen LogP contribution in [-0.2, 0) is 16.1 Å². The lowest BCUT2D eigenvalue weighted by Gasteiger charge is -2.09. The zero-order valence-electron chi connectivity index (χ0n) is 15.2. The summed E-state index contributed by atoms with van der Waals surface area (Å²) in [6.45, 7) is 3.39. The second kappa shape index (κ2) is 8.43. The van der Waals surface area contributed by atoms with Crippen LogP contribution in [0.15, 0.2) is 24.3 Å². The lowest BCUT2D eigenvalue weighted by Crippen LogP contribution is -2.14. The van der Waals surface area contributed by atoms with Crippen LogP contribution >= 0.6 is 0 Å². The van der Waals surface area contributed by atoms with Gasteiger partial charge in [0.25, 0.3) is 0 Å². The minimum atomic E-state index is -0.710. The number of aromatic nitrogens is 1. The lowest BCUT2D eigenvalue weighted by molar-refractivity contribution is -0.385. The Morgan fingerprint density at radius 2 is 1.96 bits per heavy atom. The summed E-state index contributed by atoms with van der Waals surface area (Å²) in [6.07, 6.45) is 0.159. The fourth-order valence-corrected chi connectivity index (χ4v) is 2.71. The molecule has 27 heavy (non-hydrogen) atoms. The number of benzene rings is 1. The van der Waals surface area contributed by atoms with Crippen LogP contribution in [0, 0.1) is 29.8 Å². The van der Waals surface area contributed by atoms with E-state index in [9.17, 15) is 24.1 Å². The van der Waals surface area contributed by atoms with E-state index >= 15 is 0 Å². The van der Waals surface area contributed by atoms with Crippen molar-refractivity contribution in [2.45, 2.75) is 26.8 Å². The average molecular weight is 378 g/mol. The van der Waals surface area contributed by atoms with Gasteiger partial charge >= 0.3 is 11.7 Å². The number of methoxy groups -OCH3 is 1. The Morgan fingerprint density at radius 1 is 1.26 bits per heavy atom. The number of rotatable bonds is 8. The number of esters is 1. The minimum absolute atomic E-state index is 0.159. The van der Waals surface area contributed by atoms with E-state index in [4.69, 9.17) is 4.74 Å². The number of halogens is 1. The Kier molecular flexibility index (Phi) is 6.27. The van der Waals surface area contributed by atoms with E-state index in [0.717, 1.165) is 23.9 Å². The highest BCUT2D eigenvalue weighted by molar-refractivity contribution is 5.98. The van der Waals surface area contributed by atoms with Gasteiger partial charge in [-0.1, -0.05) is 0 Å². The molecule has 144 valence electrons. The van der Waals surface area contributed by atoms with E-state index in [1.807, 2.05) is 0 Å². The number of Topliss-reactive ketones (excluding diaryl/α,β-unsaturated/α-hetero) is 1. The molecule has 2 rings (SSSR count). The van der Waals surface area contributed by atoms with Gasteiger partial charge in [0, 0.05) is 35.6 Å². The molecule has 9 heteroatoms. The summed E-state index contributed by atoms with van der Waals surface area (Å²) < 4.78 is 24.9. The molecule has 1 aromatic carbocycles. The maximum atomic E-state index is 13.3. The summed E-state index contributed by atoms with van der Waals surface area (Å²) in [4.78, 5) is 34.1. The fourth-order valence-electron chi connectivity index (χ4n) is 2.71. The predicted molar refractivity (Wildman–Crippen MR) is 93.4 cm³/mol. The van der Waals surface area contributed by atoms with Crippen LogP contribution in [0.25, 0.3) is 0 Å². The van der Waals surface area contributed by atoms with E-state index in [1.165, 1.54) is 7.11 Å². The Bertz CT molecular complexity index is 890. The molecule has 0 N–H and O–H groups in total. The van der Waals surface area contributed by atoms with Crippen molar-refractivity contribution in [1.29, 1.82) is 0 Å². The molecule has 1 heterocycles. The van der Waals surface area contributed by atoms with Crippen LogP contribution in [0.1, 0.15) is 28.2 Å². The van der Waals surface area contributed by atoms with Crippen molar-refractivity contribution < 1.29 is 28.4 Å². The van der Waals surface area contributed by atoms with Gasteiger partial charge in [-0.25, -0.2) is 4.39 Å². The Balaban J connectivity index is 2.14. The van der Waals surface area contributed by atoms with Gasteiger partial charge in [0.1, 0.15) is 5.82 Å². The number of hydrogen-bond donors (Lipinski definition) is 0. The highest BCUT2D eigenvalue weighted by Crippen LogP contribution is 2.27. The summed E-state index contributed by atoms with van der Waals surface area (Å²) in [5.41, 5.74) is 1.36. The number of nitro groups is 1. The number of carbonyl (C=O) groups excluding carboxylic acids is 2. The van der Waals surface area contributed by atoms with Gasteiger partial charge in [0.2, 0.25) is 5.78 Å². The molecule has 0 saturated heterocycles. The Morgan fingerprint density at radius 3 is 2.59 bits per heavy atom. The molecule has 0 fully saturated rings. The molecule has 0 spiro atoms. The molecular formula is C18H19FN2O6. The van der Waals surface area contributed by atoms with Crippen molar-refractivity contribution in [3.8, 4) is 5.75 Å². The second-order valence-electron chi connectivity index (χ2n) is 5.84. The summed E-state index contributed by atoms with van der Waals surface area (Å²) >= 11 is 0. The first-order valence-corrected chi connectivity index (χ1v) is 8.08. The number of ether oxygens (including phenoxy) is 2. The number of hydrogen-bond acceptors (Lipinski definition) is 6. The standard InChI is InChI=1S/C18H19FN2O6/c1-11-8-14(12(2)20(11)7-6-18(23)26-3)16(22)10-27-17-9-13(19)4-5-15(17)21(24)25/h4-5,8-9H,6-7,10H2,1-3H3. The van der Waals surface area contributed by atoms with Crippen molar-refractivity contribution >= 4 is 17.4 Å². The van der Waals surface area contributed by atoms with Crippen molar-refractivity contribution in [2.24, 2.45) is 0 Å². The largest absolute Gasteiger partial charge is 0.478 e. The van der Waals surface area contributed by atoms with E-state index in [-0.39, 0.29) is 18.1 Å². The van der Waals surface area contributed by atoms with Gasteiger partial charge in [-0.15, -0.1) is 0 Å². The van der Waals surface area contributed by atoms with Gasteiger partial charge in [0.15, 0.2) is 12.4 Å². The van der Waals surface area contributed by atoms with Crippen molar-refractivity contribution in [2.75, 3.05) is 13.7 Å². The molecular weight excluding hydrogens is 359 g/mol. The molecule has 0 aliphatic carbocycles. The van der Waals surface area contributed by atoms with Gasteiger partial charge in [-0.2, -0.15) is 0 Å². The number of ketones is 1. The fraction of sp³-hybridized carbons (Fsp3) is 0.333. The third-order valence-corrected chi connectivity index (χ3v) is 4.12. The van der Waals surface area contributed by atoms with Crippen LogP contribution in [0.5, 0.6) is 5.75 Å². The number of aryl methyl sites for hydroxylation is 1. The van der Waals surface area contributed by atoms with E-state index in [1.54, 1.807) is 24.5 Å². The predicted octanol–water partition coefficient (Wildman–Crippen LogP) is 2.98. The first-order valence-electron chi connectivity index (χ1n) is 8.08.